The Morgan fingerprint density at radius 3 is 2.62 bits per heavy atom. The van der Waals surface area contributed by atoms with Crippen LogP contribution in [0.25, 0.3) is 22.6 Å². The van der Waals surface area contributed by atoms with E-state index < -0.39 is 0 Å². The van der Waals surface area contributed by atoms with E-state index in [0.29, 0.717) is 5.82 Å². The fourth-order valence-electron chi connectivity index (χ4n) is 2.50. The highest BCUT2D eigenvalue weighted by atomic mass is 16.2. The molecule has 0 spiro atoms. The van der Waals surface area contributed by atoms with Crippen molar-refractivity contribution < 1.29 is 5.11 Å². The lowest BCUT2D eigenvalue weighted by Crippen LogP contribution is -1.99. The molecule has 1 N–H and O–H groups in total. The zero-order chi connectivity index (χ0) is 16.8. The van der Waals surface area contributed by atoms with E-state index in [0.717, 1.165) is 42.6 Å². The van der Waals surface area contributed by atoms with E-state index in [-0.39, 0.29) is 6.61 Å². The van der Waals surface area contributed by atoms with Crippen molar-refractivity contribution in [3.63, 3.8) is 0 Å². The largest absolute Gasteiger partial charge is 0.396 e. The Labute approximate surface area is 141 Å². The average Bonchev–Trinajstić information content (AvgIpc) is 3.08. The maximum Gasteiger partial charge on any atom is 0.159 e. The SMILES string of the molecule is Cc1cccc(-c2ncc(-c3cn(CCCCCO)nn3)cn2)c1. The Morgan fingerprint density at radius 1 is 1.04 bits per heavy atom. The molecular formula is C18H21N5O. The average molecular weight is 323 g/mol. The Morgan fingerprint density at radius 2 is 1.88 bits per heavy atom. The number of aromatic nitrogens is 5. The summed E-state index contributed by atoms with van der Waals surface area (Å²) in [6.45, 7) is 3.10. The minimum Gasteiger partial charge on any atom is -0.396 e. The smallest absolute Gasteiger partial charge is 0.159 e. The third-order valence-corrected chi connectivity index (χ3v) is 3.81. The quantitative estimate of drug-likeness (QED) is 0.677. The molecule has 6 nitrogen and oxygen atoms in total. The normalized spacial score (nSPS) is 10.9. The molecule has 0 fully saturated rings. The molecule has 2 heterocycles. The van der Waals surface area contributed by atoms with E-state index in [9.17, 15) is 0 Å². The molecule has 0 amide bonds. The first-order chi connectivity index (χ1) is 11.8. The first-order valence-corrected chi connectivity index (χ1v) is 8.17. The summed E-state index contributed by atoms with van der Waals surface area (Å²) in [7, 11) is 0. The van der Waals surface area contributed by atoms with E-state index in [1.165, 1.54) is 5.56 Å². The molecule has 2 aromatic heterocycles. The molecule has 24 heavy (non-hydrogen) atoms. The number of hydrogen-bond donors (Lipinski definition) is 1. The van der Waals surface area contributed by atoms with Crippen LogP contribution in [0.5, 0.6) is 0 Å². The second-order valence-electron chi connectivity index (χ2n) is 5.82. The van der Waals surface area contributed by atoms with E-state index in [1.54, 1.807) is 12.4 Å². The Kier molecular flexibility index (Phi) is 5.28. The summed E-state index contributed by atoms with van der Waals surface area (Å²) in [5, 5.41) is 17.1. The molecule has 0 aliphatic rings. The molecule has 0 radical (unpaired) electrons. The third kappa shape index (κ3) is 4.02. The van der Waals surface area contributed by atoms with Crippen molar-refractivity contribution in [2.24, 2.45) is 0 Å². The van der Waals surface area contributed by atoms with Crippen LogP contribution in [-0.2, 0) is 6.54 Å². The second-order valence-corrected chi connectivity index (χ2v) is 5.82. The fourth-order valence-corrected chi connectivity index (χ4v) is 2.50. The third-order valence-electron chi connectivity index (χ3n) is 3.81. The highest BCUT2D eigenvalue weighted by molar-refractivity contribution is 5.60. The van der Waals surface area contributed by atoms with Gasteiger partial charge in [0.15, 0.2) is 5.82 Å². The lowest BCUT2D eigenvalue weighted by molar-refractivity contribution is 0.281. The van der Waals surface area contributed by atoms with Crippen LogP contribution in [0.2, 0.25) is 0 Å². The molecule has 0 saturated carbocycles. The van der Waals surface area contributed by atoms with E-state index >= 15 is 0 Å². The van der Waals surface area contributed by atoms with Crippen LogP contribution in [0.15, 0.2) is 42.9 Å². The zero-order valence-electron chi connectivity index (χ0n) is 13.8. The molecule has 0 bridgehead atoms. The van der Waals surface area contributed by atoms with Crippen LogP contribution in [0.4, 0.5) is 0 Å². The van der Waals surface area contributed by atoms with Gasteiger partial charge in [-0.05, 0) is 32.3 Å². The van der Waals surface area contributed by atoms with Crippen LogP contribution in [0.3, 0.4) is 0 Å². The van der Waals surface area contributed by atoms with Crippen LogP contribution >= 0.6 is 0 Å². The monoisotopic (exact) mass is 323 g/mol. The van der Waals surface area contributed by atoms with Gasteiger partial charge in [0.2, 0.25) is 0 Å². The summed E-state index contributed by atoms with van der Waals surface area (Å²) in [5.74, 6) is 0.707. The molecule has 0 aliphatic heterocycles. The van der Waals surface area contributed by atoms with Crippen LogP contribution in [-0.4, -0.2) is 36.7 Å². The first kappa shape index (κ1) is 16.3. The van der Waals surface area contributed by atoms with Gasteiger partial charge < -0.3 is 5.11 Å². The Bertz CT molecular complexity index is 782. The standard InChI is InChI=1S/C18H21N5O/c1-14-6-5-7-15(10-14)18-19-11-16(12-20-18)17-13-23(22-21-17)8-3-2-4-9-24/h5-7,10-13,24H,2-4,8-9H2,1H3. The molecule has 3 rings (SSSR count). The molecule has 1 aromatic carbocycles. The van der Waals surface area contributed by atoms with Gasteiger partial charge in [-0.15, -0.1) is 5.10 Å². The van der Waals surface area contributed by atoms with Crippen molar-refractivity contribution in [2.75, 3.05) is 6.61 Å². The first-order valence-electron chi connectivity index (χ1n) is 8.17. The van der Waals surface area contributed by atoms with Gasteiger partial charge in [0, 0.05) is 36.7 Å². The van der Waals surface area contributed by atoms with Gasteiger partial charge in [0.25, 0.3) is 0 Å². The summed E-state index contributed by atoms with van der Waals surface area (Å²) in [5.41, 5.74) is 3.82. The predicted octanol–water partition coefficient (Wildman–Crippen LogP) is 2.87. The van der Waals surface area contributed by atoms with Gasteiger partial charge >= 0.3 is 0 Å². The molecule has 124 valence electrons. The molecular weight excluding hydrogens is 302 g/mol. The highest BCUT2D eigenvalue weighted by Crippen LogP contribution is 2.19. The molecule has 0 unspecified atom stereocenters. The van der Waals surface area contributed by atoms with Gasteiger partial charge in [-0.25, -0.2) is 9.97 Å². The summed E-state index contributed by atoms with van der Waals surface area (Å²) in [4.78, 5) is 8.89. The molecule has 6 heteroatoms. The van der Waals surface area contributed by atoms with Crippen LogP contribution in [0.1, 0.15) is 24.8 Å². The van der Waals surface area contributed by atoms with E-state index in [4.69, 9.17) is 5.11 Å². The number of unbranched alkanes of at least 4 members (excludes halogenated alkanes) is 2. The Balaban J connectivity index is 1.68. The van der Waals surface area contributed by atoms with Crippen molar-refractivity contribution >= 4 is 0 Å². The minimum atomic E-state index is 0.243. The van der Waals surface area contributed by atoms with E-state index in [2.05, 4.69) is 39.3 Å². The number of aliphatic hydroxyl groups excluding tert-OH is 1. The molecule has 3 aromatic rings. The summed E-state index contributed by atoms with van der Waals surface area (Å²) in [6.07, 6.45) is 8.27. The van der Waals surface area contributed by atoms with Crippen LogP contribution in [0, 0.1) is 6.92 Å². The lowest BCUT2D eigenvalue weighted by Gasteiger charge is -2.02. The van der Waals surface area contributed by atoms with Crippen molar-refractivity contribution in [1.29, 1.82) is 0 Å². The Hall–Kier alpha value is -2.60. The van der Waals surface area contributed by atoms with Crippen molar-refractivity contribution in [3.8, 4) is 22.6 Å². The number of rotatable bonds is 7. The summed E-state index contributed by atoms with van der Waals surface area (Å²) in [6, 6.07) is 8.13. The summed E-state index contributed by atoms with van der Waals surface area (Å²) < 4.78 is 1.82. The van der Waals surface area contributed by atoms with E-state index in [1.807, 2.05) is 23.0 Å². The molecule has 0 saturated heterocycles. The maximum absolute atomic E-state index is 8.79. The maximum atomic E-state index is 8.79. The summed E-state index contributed by atoms with van der Waals surface area (Å²) >= 11 is 0. The fraction of sp³-hybridized carbons (Fsp3) is 0.333. The van der Waals surface area contributed by atoms with Crippen molar-refractivity contribution in [1.82, 2.24) is 25.0 Å². The highest BCUT2D eigenvalue weighted by Gasteiger charge is 2.07. The van der Waals surface area contributed by atoms with Gasteiger partial charge in [-0.2, -0.15) is 0 Å². The van der Waals surface area contributed by atoms with Crippen LogP contribution < -0.4 is 0 Å². The molecule has 0 atom stereocenters. The number of nitrogens with zero attached hydrogens (tertiary/aromatic N) is 5. The second kappa shape index (κ2) is 7.79. The number of aliphatic hydroxyl groups is 1. The van der Waals surface area contributed by atoms with Crippen molar-refractivity contribution in [2.45, 2.75) is 32.7 Å². The predicted molar refractivity (Wildman–Crippen MR) is 92.2 cm³/mol. The van der Waals surface area contributed by atoms with Gasteiger partial charge in [0.1, 0.15) is 5.69 Å². The number of benzene rings is 1. The number of hydrogen-bond acceptors (Lipinski definition) is 5. The zero-order valence-corrected chi connectivity index (χ0v) is 13.8. The lowest BCUT2D eigenvalue weighted by atomic mass is 10.1. The number of aryl methyl sites for hydroxylation is 2. The topological polar surface area (TPSA) is 76.7 Å². The van der Waals surface area contributed by atoms with Gasteiger partial charge in [-0.3, -0.25) is 4.68 Å². The van der Waals surface area contributed by atoms with Crippen molar-refractivity contribution in [3.05, 3.63) is 48.4 Å². The minimum absolute atomic E-state index is 0.243. The van der Waals surface area contributed by atoms with Gasteiger partial charge in [0.05, 0.1) is 6.20 Å². The molecule has 0 aliphatic carbocycles. The van der Waals surface area contributed by atoms with Gasteiger partial charge in [-0.1, -0.05) is 29.0 Å².